The molecule has 1 saturated carbocycles. The van der Waals surface area contributed by atoms with Gasteiger partial charge < -0.3 is 20.1 Å². The maximum atomic E-state index is 16.8. The molecule has 3 atom stereocenters. The van der Waals surface area contributed by atoms with Gasteiger partial charge in [-0.15, -0.1) is 6.42 Å². The number of likely N-dealkylation sites (tertiary alicyclic amines) is 1. The monoisotopic (exact) mass is 609 g/mol. The fourth-order valence-corrected chi connectivity index (χ4v) is 7.81. The van der Waals surface area contributed by atoms with E-state index in [1.807, 2.05) is 0 Å². The summed E-state index contributed by atoms with van der Waals surface area (Å²) in [5.41, 5.74) is 0.403. The molecular weight excluding hydrogens is 572 g/mol. The lowest BCUT2D eigenvalue weighted by Crippen LogP contribution is -2.51. The van der Waals surface area contributed by atoms with E-state index < -0.39 is 11.6 Å². The molecule has 9 heteroatoms. The molecule has 4 fully saturated rings. The first kappa shape index (κ1) is 28.5. The van der Waals surface area contributed by atoms with Crippen LogP contribution in [0.15, 0.2) is 36.4 Å². The van der Waals surface area contributed by atoms with Crippen LogP contribution in [0.25, 0.3) is 32.8 Å². The Kier molecular flexibility index (Phi) is 6.84. The second-order valence-electron chi connectivity index (χ2n) is 13.6. The van der Waals surface area contributed by atoms with Crippen molar-refractivity contribution in [1.29, 1.82) is 0 Å². The van der Waals surface area contributed by atoms with E-state index in [9.17, 15) is 5.11 Å². The lowest BCUT2D eigenvalue weighted by molar-refractivity contribution is 0.151. The van der Waals surface area contributed by atoms with Crippen molar-refractivity contribution in [3.8, 4) is 35.2 Å². The molecule has 8 rings (SSSR count). The summed E-state index contributed by atoms with van der Waals surface area (Å²) in [6, 6.07) is 10.7. The van der Waals surface area contributed by atoms with E-state index in [4.69, 9.17) is 16.1 Å². The summed E-state index contributed by atoms with van der Waals surface area (Å²) in [6.45, 7) is 6.19. The zero-order valence-corrected chi connectivity index (χ0v) is 25.5. The maximum absolute atomic E-state index is 16.8. The number of nitrogens with zero attached hydrogens (tertiary/aromatic N) is 4. The lowest BCUT2D eigenvalue weighted by Gasteiger charge is -2.34. The zero-order chi connectivity index (χ0) is 30.9. The summed E-state index contributed by atoms with van der Waals surface area (Å²) >= 11 is 0. The first-order valence-corrected chi connectivity index (χ1v) is 16.1. The number of piperazine rings is 1. The normalized spacial score (nSPS) is 24.0. The summed E-state index contributed by atoms with van der Waals surface area (Å²) in [5.74, 6) is 1.40. The number of halogens is 2. The van der Waals surface area contributed by atoms with Crippen LogP contribution < -0.4 is 15.0 Å². The van der Waals surface area contributed by atoms with Gasteiger partial charge in [-0.25, -0.2) is 8.78 Å². The topological polar surface area (TPSA) is 73.8 Å². The van der Waals surface area contributed by atoms with Crippen LogP contribution in [-0.2, 0) is 0 Å². The van der Waals surface area contributed by atoms with Gasteiger partial charge in [-0.05, 0) is 81.6 Å². The fourth-order valence-electron chi connectivity index (χ4n) is 7.81. The van der Waals surface area contributed by atoms with E-state index in [2.05, 4.69) is 32.9 Å². The quantitative estimate of drug-likeness (QED) is 0.249. The Morgan fingerprint density at radius 1 is 1.11 bits per heavy atom. The molecule has 4 aliphatic rings. The van der Waals surface area contributed by atoms with Crippen LogP contribution in [0.2, 0.25) is 0 Å². The number of rotatable bonds is 7. The number of terminal acetylenes is 1. The molecule has 45 heavy (non-hydrogen) atoms. The van der Waals surface area contributed by atoms with Crippen LogP contribution in [0, 0.1) is 29.4 Å². The Balaban J connectivity index is 1.24. The van der Waals surface area contributed by atoms with Gasteiger partial charge in [0.05, 0.1) is 12.2 Å². The molecule has 2 N–H and O–H groups in total. The zero-order valence-electron chi connectivity index (χ0n) is 25.5. The highest BCUT2D eigenvalue weighted by Gasteiger charge is 2.46. The highest BCUT2D eigenvalue weighted by atomic mass is 19.1. The van der Waals surface area contributed by atoms with Crippen LogP contribution in [0.5, 0.6) is 11.8 Å². The van der Waals surface area contributed by atoms with Crippen molar-refractivity contribution < 1.29 is 18.6 Å². The van der Waals surface area contributed by atoms with Gasteiger partial charge in [0.1, 0.15) is 22.9 Å². The molecule has 3 aliphatic heterocycles. The summed E-state index contributed by atoms with van der Waals surface area (Å²) in [6.07, 6.45) is 12.5. The first-order chi connectivity index (χ1) is 21.8. The van der Waals surface area contributed by atoms with E-state index in [1.54, 1.807) is 18.2 Å². The second-order valence-corrected chi connectivity index (χ2v) is 13.6. The number of hydrogen-bond donors (Lipinski definition) is 2. The van der Waals surface area contributed by atoms with Crippen LogP contribution in [0.4, 0.5) is 14.6 Å². The number of aromatic hydroxyl groups is 1. The Bertz CT molecular complexity index is 1860. The van der Waals surface area contributed by atoms with Gasteiger partial charge in [0.2, 0.25) is 0 Å². The minimum atomic E-state index is -0.831. The summed E-state index contributed by atoms with van der Waals surface area (Å²) < 4.78 is 39.4. The number of phenolic OH excluding ortho intramolecular Hbond substituents is 1. The number of nitrogens with one attached hydrogen (secondary N) is 1. The molecule has 3 aromatic carbocycles. The average molecular weight is 610 g/mol. The van der Waals surface area contributed by atoms with Crippen molar-refractivity contribution in [2.75, 3.05) is 37.7 Å². The number of benzene rings is 3. The largest absolute Gasteiger partial charge is 0.508 e. The van der Waals surface area contributed by atoms with E-state index in [-0.39, 0.29) is 33.8 Å². The smallest absolute Gasteiger partial charge is 0.319 e. The summed E-state index contributed by atoms with van der Waals surface area (Å²) in [4.78, 5) is 14.1. The Hall–Kier alpha value is -4.00. The molecule has 0 radical (unpaired) electrons. The molecule has 1 aliphatic carbocycles. The number of phenols is 1. The molecule has 3 saturated heterocycles. The molecule has 232 valence electrons. The molecule has 4 aromatic rings. The maximum Gasteiger partial charge on any atom is 0.319 e. The van der Waals surface area contributed by atoms with Crippen molar-refractivity contribution >= 4 is 27.5 Å². The molecular formula is C36H37F2N5O2. The van der Waals surface area contributed by atoms with Crippen molar-refractivity contribution in [2.45, 2.75) is 63.6 Å². The molecule has 7 nitrogen and oxygen atoms in total. The van der Waals surface area contributed by atoms with Crippen LogP contribution in [0.3, 0.4) is 0 Å². The summed E-state index contributed by atoms with van der Waals surface area (Å²) in [5, 5.41) is 15.6. The van der Waals surface area contributed by atoms with Gasteiger partial charge in [-0.1, -0.05) is 18.1 Å². The number of anilines is 1. The van der Waals surface area contributed by atoms with E-state index in [1.165, 1.54) is 31.0 Å². The fraction of sp³-hybridized carbons (Fsp3) is 0.444. The standard InChI is InChI=1S/C36H37F2N5O2/c1-3-22-7-4-8-23-14-26(44)15-27(30(22)23)31-29(37)16-28-33(32(31)38)40-35(41-34(28)43-17-24-9-10-25(18-43)39-24)45-20-36(11-12-36)19-42-13-5-6-21(42)2/h1,4,7-8,14-16,21,24-25,39,44H,5-6,9-13,17-20H2,2H3/t21-,24?,25?/m1/s1. The second kappa shape index (κ2) is 10.8. The predicted octanol–water partition coefficient (Wildman–Crippen LogP) is 6.00. The van der Waals surface area contributed by atoms with Gasteiger partial charge in [0.25, 0.3) is 0 Å². The number of aromatic nitrogens is 2. The molecule has 1 aromatic heterocycles. The van der Waals surface area contributed by atoms with Gasteiger partial charge in [0, 0.05) is 65.1 Å². The van der Waals surface area contributed by atoms with Crippen molar-refractivity contribution in [3.05, 3.63) is 53.6 Å². The van der Waals surface area contributed by atoms with E-state index >= 15 is 8.78 Å². The van der Waals surface area contributed by atoms with Gasteiger partial charge >= 0.3 is 6.01 Å². The number of ether oxygens (including phenoxy) is 1. The Morgan fingerprint density at radius 3 is 2.62 bits per heavy atom. The first-order valence-electron chi connectivity index (χ1n) is 16.1. The number of fused-ring (bicyclic) bond motifs is 4. The Labute approximate surface area is 261 Å². The van der Waals surface area contributed by atoms with Gasteiger partial charge in [-0.3, -0.25) is 4.90 Å². The minimum absolute atomic E-state index is 0.00928. The Morgan fingerprint density at radius 2 is 1.91 bits per heavy atom. The molecule has 0 spiro atoms. The van der Waals surface area contributed by atoms with E-state index in [0.717, 1.165) is 38.8 Å². The van der Waals surface area contributed by atoms with Crippen LogP contribution >= 0.6 is 0 Å². The van der Waals surface area contributed by atoms with Crippen molar-refractivity contribution in [1.82, 2.24) is 20.2 Å². The summed E-state index contributed by atoms with van der Waals surface area (Å²) in [7, 11) is 0. The van der Waals surface area contributed by atoms with Gasteiger partial charge in [-0.2, -0.15) is 9.97 Å². The highest BCUT2D eigenvalue weighted by molar-refractivity contribution is 6.04. The van der Waals surface area contributed by atoms with Crippen LogP contribution in [-0.4, -0.2) is 70.9 Å². The average Bonchev–Trinajstić information content (AvgIpc) is 3.56. The van der Waals surface area contributed by atoms with Crippen LogP contribution in [0.1, 0.15) is 51.0 Å². The third kappa shape index (κ3) is 5.04. The SMILES string of the molecule is C#Cc1cccc2cc(O)cc(-c3c(F)cc4c(N5CC6CCC(C5)N6)nc(OCC5(CN6CCC[C@H]6C)CC5)nc4c3F)c12. The lowest BCUT2D eigenvalue weighted by atomic mass is 9.93. The number of hydrogen-bond acceptors (Lipinski definition) is 7. The van der Waals surface area contributed by atoms with Crippen molar-refractivity contribution in [2.24, 2.45) is 5.41 Å². The van der Waals surface area contributed by atoms with Gasteiger partial charge in [0.15, 0.2) is 5.82 Å². The third-order valence-corrected chi connectivity index (χ3v) is 10.4. The predicted molar refractivity (Wildman–Crippen MR) is 172 cm³/mol. The third-order valence-electron chi connectivity index (χ3n) is 10.4. The molecule has 0 amide bonds. The molecule has 2 unspecified atom stereocenters. The minimum Gasteiger partial charge on any atom is -0.508 e. The van der Waals surface area contributed by atoms with E-state index in [0.29, 0.717) is 65.4 Å². The van der Waals surface area contributed by atoms with Crippen molar-refractivity contribution in [3.63, 3.8) is 0 Å². The highest BCUT2D eigenvalue weighted by Crippen LogP contribution is 2.48. The molecule has 4 heterocycles. The molecule has 2 bridgehead atoms.